The van der Waals surface area contributed by atoms with Crippen LogP contribution in [0.25, 0.3) is 0 Å². The van der Waals surface area contributed by atoms with Gasteiger partial charge in [-0.3, -0.25) is 0 Å². The van der Waals surface area contributed by atoms with Crippen molar-refractivity contribution in [3.8, 4) is 17.6 Å². The molecule has 3 N–H and O–H groups in total. The number of nitrogen functional groups attached to an aromatic ring is 1. The summed E-state index contributed by atoms with van der Waals surface area (Å²) < 4.78 is 45.1. The van der Waals surface area contributed by atoms with E-state index in [0.29, 0.717) is 5.56 Å². The predicted molar refractivity (Wildman–Crippen MR) is 89.0 cm³/mol. The van der Waals surface area contributed by atoms with E-state index >= 15 is 0 Å². The normalized spacial score (nSPS) is 10.4. The lowest BCUT2D eigenvalue weighted by molar-refractivity contribution is -0.274. The number of hydrogen-bond acceptors (Lipinski definition) is 4. The first-order chi connectivity index (χ1) is 12.3. The largest absolute Gasteiger partial charge is 0.573 e. The third kappa shape index (κ3) is 6.65. The van der Waals surface area contributed by atoms with Crippen LogP contribution in [0.2, 0.25) is 0 Å². The Bertz CT molecular complexity index is 812. The molecule has 0 radical (unpaired) electrons. The highest BCUT2D eigenvalue weighted by molar-refractivity contribution is 5.67. The Labute approximate surface area is 147 Å². The number of alkyl halides is 3. The summed E-state index contributed by atoms with van der Waals surface area (Å²) >= 11 is 0. The lowest BCUT2D eigenvalue weighted by atomic mass is 10.2. The SMILES string of the molecule is Nc1cc(OC(F)(F)F)ccc1C#CCNC(=O)OCc1ccccc1. The molecule has 0 aliphatic heterocycles. The Kier molecular flexibility index (Phi) is 6.33. The van der Waals surface area contributed by atoms with Crippen LogP contribution in [0.15, 0.2) is 48.5 Å². The van der Waals surface area contributed by atoms with E-state index in [1.54, 1.807) is 0 Å². The highest BCUT2D eigenvalue weighted by Crippen LogP contribution is 2.25. The number of nitrogens with one attached hydrogen (secondary N) is 1. The minimum Gasteiger partial charge on any atom is -0.445 e. The summed E-state index contributed by atoms with van der Waals surface area (Å²) in [6, 6.07) is 12.6. The van der Waals surface area contributed by atoms with Crippen molar-refractivity contribution in [2.24, 2.45) is 0 Å². The maximum atomic E-state index is 12.1. The van der Waals surface area contributed by atoms with Crippen molar-refractivity contribution in [3.63, 3.8) is 0 Å². The second kappa shape index (κ2) is 8.67. The van der Waals surface area contributed by atoms with Gasteiger partial charge in [0, 0.05) is 11.6 Å². The molecule has 0 bridgehead atoms. The van der Waals surface area contributed by atoms with Crippen LogP contribution in [0, 0.1) is 11.8 Å². The maximum Gasteiger partial charge on any atom is 0.573 e. The molecule has 0 saturated carbocycles. The second-order valence-corrected chi connectivity index (χ2v) is 5.01. The number of hydrogen-bond donors (Lipinski definition) is 2. The molecule has 0 aliphatic carbocycles. The molecular formula is C18H15F3N2O3. The van der Waals surface area contributed by atoms with Crippen LogP contribution in [0.5, 0.6) is 5.75 Å². The molecule has 1 amide bonds. The van der Waals surface area contributed by atoms with Gasteiger partial charge in [0.15, 0.2) is 0 Å². The van der Waals surface area contributed by atoms with E-state index in [4.69, 9.17) is 10.5 Å². The van der Waals surface area contributed by atoms with Crippen LogP contribution >= 0.6 is 0 Å². The summed E-state index contributed by atoms with van der Waals surface area (Å²) in [6.45, 7) is 0.127. The van der Waals surface area contributed by atoms with E-state index in [0.717, 1.165) is 17.7 Å². The summed E-state index contributed by atoms with van der Waals surface area (Å²) in [5, 5.41) is 2.44. The zero-order valence-corrected chi connectivity index (χ0v) is 13.5. The number of anilines is 1. The first-order valence-corrected chi connectivity index (χ1v) is 7.42. The van der Waals surface area contributed by atoms with Gasteiger partial charge in [0.1, 0.15) is 12.4 Å². The molecule has 5 nitrogen and oxygen atoms in total. The van der Waals surface area contributed by atoms with Crippen molar-refractivity contribution in [3.05, 3.63) is 59.7 Å². The zero-order valence-electron chi connectivity index (χ0n) is 13.5. The molecule has 0 atom stereocenters. The first-order valence-electron chi connectivity index (χ1n) is 7.42. The van der Waals surface area contributed by atoms with Crippen LogP contribution in [0.1, 0.15) is 11.1 Å². The fourth-order valence-corrected chi connectivity index (χ4v) is 1.88. The van der Waals surface area contributed by atoms with Gasteiger partial charge in [-0.2, -0.15) is 0 Å². The van der Waals surface area contributed by atoms with Gasteiger partial charge in [0.05, 0.1) is 12.2 Å². The van der Waals surface area contributed by atoms with Crippen molar-refractivity contribution < 1.29 is 27.4 Å². The van der Waals surface area contributed by atoms with Gasteiger partial charge in [0.2, 0.25) is 0 Å². The Morgan fingerprint density at radius 2 is 1.88 bits per heavy atom. The van der Waals surface area contributed by atoms with Gasteiger partial charge in [-0.1, -0.05) is 42.2 Å². The number of rotatable bonds is 4. The van der Waals surface area contributed by atoms with Crippen molar-refractivity contribution in [1.29, 1.82) is 0 Å². The Hall–Kier alpha value is -3.34. The van der Waals surface area contributed by atoms with Crippen LogP contribution < -0.4 is 15.8 Å². The molecule has 0 saturated heterocycles. The van der Waals surface area contributed by atoms with E-state index in [9.17, 15) is 18.0 Å². The maximum absolute atomic E-state index is 12.1. The fraction of sp³-hybridized carbons (Fsp3) is 0.167. The minimum absolute atomic E-state index is 0.00609. The number of nitrogens with two attached hydrogens (primary N) is 1. The molecule has 0 aromatic heterocycles. The quantitative estimate of drug-likeness (QED) is 0.644. The summed E-state index contributed by atoms with van der Waals surface area (Å²) in [4.78, 5) is 11.5. The molecule has 8 heteroatoms. The average Bonchev–Trinajstić information content (AvgIpc) is 2.58. The highest BCUT2D eigenvalue weighted by Gasteiger charge is 2.31. The number of benzene rings is 2. The van der Waals surface area contributed by atoms with Crippen LogP contribution in [0.3, 0.4) is 0 Å². The van der Waals surface area contributed by atoms with E-state index < -0.39 is 18.2 Å². The number of amides is 1. The zero-order chi connectivity index (χ0) is 19.0. The number of halogens is 3. The van der Waals surface area contributed by atoms with Gasteiger partial charge in [-0.15, -0.1) is 13.2 Å². The third-order valence-electron chi connectivity index (χ3n) is 3.01. The van der Waals surface area contributed by atoms with E-state index in [-0.39, 0.29) is 18.8 Å². The van der Waals surface area contributed by atoms with Crippen molar-refractivity contribution in [2.45, 2.75) is 13.0 Å². The number of alkyl carbamates (subject to hydrolysis) is 1. The molecule has 0 spiro atoms. The minimum atomic E-state index is -4.79. The smallest absolute Gasteiger partial charge is 0.445 e. The van der Waals surface area contributed by atoms with Gasteiger partial charge < -0.3 is 20.5 Å². The van der Waals surface area contributed by atoms with Crippen LogP contribution in [0.4, 0.5) is 23.7 Å². The Morgan fingerprint density at radius 3 is 2.54 bits per heavy atom. The Morgan fingerprint density at radius 1 is 1.15 bits per heavy atom. The molecule has 0 aliphatic rings. The number of ether oxygens (including phenoxy) is 2. The van der Waals surface area contributed by atoms with E-state index in [1.165, 1.54) is 6.07 Å². The lowest BCUT2D eigenvalue weighted by Crippen LogP contribution is -2.24. The van der Waals surface area contributed by atoms with Crippen LogP contribution in [-0.2, 0) is 11.3 Å². The van der Waals surface area contributed by atoms with Crippen molar-refractivity contribution in [2.75, 3.05) is 12.3 Å². The number of carbonyl (C=O) groups excluding carboxylic acids is 1. The third-order valence-corrected chi connectivity index (χ3v) is 3.01. The fourth-order valence-electron chi connectivity index (χ4n) is 1.88. The van der Waals surface area contributed by atoms with Gasteiger partial charge in [-0.05, 0) is 17.7 Å². The topological polar surface area (TPSA) is 73.6 Å². The predicted octanol–water partition coefficient (Wildman–Crippen LogP) is 3.45. The van der Waals surface area contributed by atoms with Gasteiger partial charge in [0.25, 0.3) is 0 Å². The van der Waals surface area contributed by atoms with E-state index in [1.807, 2.05) is 30.3 Å². The van der Waals surface area contributed by atoms with Crippen molar-refractivity contribution >= 4 is 11.8 Å². The average molecular weight is 364 g/mol. The molecule has 2 rings (SSSR count). The molecule has 0 unspecified atom stereocenters. The molecule has 2 aromatic rings. The molecule has 0 fully saturated rings. The second-order valence-electron chi connectivity index (χ2n) is 5.01. The van der Waals surface area contributed by atoms with E-state index in [2.05, 4.69) is 21.9 Å². The summed E-state index contributed by atoms with van der Waals surface area (Å²) in [7, 11) is 0. The summed E-state index contributed by atoms with van der Waals surface area (Å²) in [5.41, 5.74) is 6.83. The standard InChI is InChI=1S/C18H15F3N2O3/c19-18(20,21)26-15-9-8-14(16(22)11-15)7-4-10-23-17(24)25-12-13-5-2-1-3-6-13/h1-3,5-6,8-9,11H,10,12,22H2,(H,23,24). The summed E-state index contributed by atoms with van der Waals surface area (Å²) in [6.07, 6.45) is -5.42. The van der Waals surface area contributed by atoms with Gasteiger partial charge in [-0.25, -0.2) is 4.79 Å². The summed E-state index contributed by atoms with van der Waals surface area (Å²) in [5.74, 6) is 4.86. The van der Waals surface area contributed by atoms with Crippen molar-refractivity contribution in [1.82, 2.24) is 5.32 Å². The monoisotopic (exact) mass is 364 g/mol. The molecule has 26 heavy (non-hydrogen) atoms. The molecule has 0 heterocycles. The lowest BCUT2D eigenvalue weighted by Gasteiger charge is -2.09. The first kappa shape index (κ1) is 19.0. The molecule has 136 valence electrons. The molecule has 2 aromatic carbocycles. The molecular weight excluding hydrogens is 349 g/mol. The number of carbonyl (C=O) groups is 1. The Balaban J connectivity index is 1.81. The van der Waals surface area contributed by atoms with Crippen LogP contribution in [-0.4, -0.2) is 19.0 Å². The highest BCUT2D eigenvalue weighted by atomic mass is 19.4. The van der Waals surface area contributed by atoms with Gasteiger partial charge >= 0.3 is 12.5 Å².